The molecule has 0 radical (unpaired) electrons. The molecule has 0 unspecified atom stereocenters. The fourth-order valence-corrected chi connectivity index (χ4v) is 3.18. The van der Waals surface area contributed by atoms with E-state index in [9.17, 15) is 8.42 Å². The van der Waals surface area contributed by atoms with Crippen molar-refractivity contribution in [3.05, 3.63) is 24.3 Å². The Kier molecular flexibility index (Phi) is 4.47. The van der Waals surface area contributed by atoms with Crippen molar-refractivity contribution in [2.45, 2.75) is 36.6 Å². The zero-order chi connectivity index (χ0) is 14.7. The van der Waals surface area contributed by atoms with Crippen molar-refractivity contribution in [3.63, 3.8) is 0 Å². The molecule has 21 heavy (non-hydrogen) atoms. The first kappa shape index (κ1) is 14.8. The summed E-state index contributed by atoms with van der Waals surface area (Å²) in [7, 11) is -3.38. The summed E-state index contributed by atoms with van der Waals surface area (Å²) in [4.78, 5) is 0.298. The maximum atomic E-state index is 12.1. The lowest BCUT2D eigenvalue weighted by Crippen LogP contribution is -2.25. The number of hydrogen-bond donors (Lipinski definition) is 2. The average molecular weight is 310 g/mol. The molecule has 0 spiro atoms. The molecular weight excluding hydrogens is 288 g/mol. The van der Waals surface area contributed by atoms with Crippen LogP contribution in [0.1, 0.15) is 25.7 Å². The molecule has 0 atom stereocenters. The predicted octanol–water partition coefficient (Wildman–Crippen LogP) is 1.51. The van der Waals surface area contributed by atoms with Crippen LogP contribution in [0.2, 0.25) is 0 Å². The number of sulfonamides is 1. The van der Waals surface area contributed by atoms with E-state index in [1.54, 1.807) is 24.3 Å². The van der Waals surface area contributed by atoms with Gasteiger partial charge in [-0.3, -0.25) is 0 Å². The van der Waals surface area contributed by atoms with Crippen molar-refractivity contribution in [3.8, 4) is 5.75 Å². The molecule has 0 saturated heterocycles. The predicted molar refractivity (Wildman–Crippen MR) is 80.9 cm³/mol. The molecule has 116 valence electrons. The largest absolute Gasteiger partial charge is 0.492 e. The lowest BCUT2D eigenvalue weighted by Gasteiger charge is -2.09. The number of nitrogens with one attached hydrogen (secondary N) is 2. The first-order valence-corrected chi connectivity index (χ1v) is 9.08. The minimum Gasteiger partial charge on any atom is -0.492 e. The molecule has 2 aliphatic rings. The first-order valence-electron chi connectivity index (χ1n) is 7.59. The second-order valence-electron chi connectivity index (χ2n) is 5.84. The Labute approximate surface area is 126 Å². The number of hydrogen-bond acceptors (Lipinski definition) is 4. The molecule has 1 aromatic carbocycles. The van der Waals surface area contributed by atoms with Gasteiger partial charge in [0, 0.05) is 19.1 Å². The van der Waals surface area contributed by atoms with E-state index in [0.717, 1.165) is 19.4 Å². The fraction of sp³-hybridized carbons (Fsp3) is 0.600. The summed E-state index contributed by atoms with van der Waals surface area (Å²) in [5.41, 5.74) is 0. The van der Waals surface area contributed by atoms with Crippen LogP contribution in [-0.4, -0.2) is 34.2 Å². The van der Waals surface area contributed by atoms with E-state index in [0.29, 0.717) is 35.8 Å². The average Bonchev–Trinajstić information content (AvgIpc) is 3.37. The van der Waals surface area contributed by atoms with Gasteiger partial charge < -0.3 is 10.1 Å². The molecule has 1 aromatic rings. The van der Waals surface area contributed by atoms with E-state index in [-0.39, 0.29) is 0 Å². The van der Waals surface area contributed by atoms with E-state index >= 15 is 0 Å². The summed E-state index contributed by atoms with van der Waals surface area (Å²) in [5, 5.41) is 3.36. The van der Waals surface area contributed by atoms with Crippen molar-refractivity contribution >= 4 is 10.0 Å². The van der Waals surface area contributed by atoms with Crippen LogP contribution in [0.4, 0.5) is 0 Å². The molecule has 6 heteroatoms. The van der Waals surface area contributed by atoms with Gasteiger partial charge in [-0.2, -0.15) is 0 Å². The SMILES string of the molecule is O=S(=O)(NCC1CC1)c1ccc(OCCNC2CC2)cc1. The van der Waals surface area contributed by atoms with Crippen molar-refractivity contribution in [2.24, 2.45) is 5.92 Å². The third kappa shape index (κ3) is 4.69. The van der Waals surface area contributed by atoms with E-state index in [2.05, 4.69) is 10.0 Å². The number of benzene rings is 1. The van der Waals surface area contributed by atoms with Crippen molar-refractivity contribution < 1.29 is 13.2 Å². The Balaban J connectivity index is 1.47. The zero-order valence-corrected chi connectivity index (χ0v) is 12.9. The summed E-state index contributed by atoms with van der Waals surface area (Å²) < 4.78 is 32.3. The Bertz CT molecular complexity index is 563. The minimum atomic E-state index is -3.38. The Morgan fingerprint density at radius 2 is 1.81 bits per heavy atom. The van der Waals surface area contributed by atoms with Crippen LogP contribution in [0.3, 0.4) is 0 Å². The van der Waals surface area contributed by atoms with Gasteiger partial charge in [0.2, 0.25) is 10.0 Å². The maximum Gasteiger partial charge on any atom is 0.240 e. The van der Waals surface area contributed by atoms with Gasteiger partial charge in [0.25, 0.3) is 0 Å². The van der Waals surface area contributed by atoms with Gasteiger partial charge >= 0.3 is 0 Å². The maximum absolute atomic E-state index is 12.1. The second-order valence-corrected chi connectivity index (χ2v) is 7.61. The van der Waals surface area contributed by atoms with E-state index < -0.39 is 10.0 Å². The van der Waals surface area contributed by atoms with Crippen LogP contribution in [0.25, 0.3) is 0 Å². The molecule has 2 saturated carbocycles. The third-order valence-corrected chi connectivity index (χ3v) is 5.21. The van der Waals surface area contributed by atoms with E-state index in [1.165, 1.54) is 12.8 Å². The molecule has 2 aliphatic carbocycles. The molecule has 0 aromatic heterocycles. The van der Waals surface area contributed by atoms with Crippen LogP contribution < -0.4 is 14.8 Å². The Morgan fingerprint density at radius 3 is 2.43 bits per heavy atom. The topological polar surface area (TPSA) is 67.4 Å². The van der Waals surface area contributed by atoms with Crippen LogP contribution in [0.15, 0.2) is 29.2 Å². The number of rotatable bonds is 9. The van der Waals surface area contributed by atoms with E-state index in [1.807, 2.05) is 0 Å². The molecule has 0 amide bonds. The lowest BCUT2D eigenvalue weighted by molar-refractivity contribution is 0.313. The first-order chi connectivity index (χ1) is 10.1. The second kappa shape index (κ2) is 6.34. The lowest BCUT2D eigenvalue weighted by atomic mass is 10.3. The smallest absolute Gasteiger partial charge is 0.240 e. The van der Waals surface area contributed by atoms with Crippen molar-refractivity contribution in [2.75, 3.05) is 19.7 Å². The van der Waals surface area contributed by atoms with Crippen molar-refractivity contribution in [1.82, 2.24) is 10.0 Å². The van der Waals surface area contributed by atoms with Gasteiger partial charge in [0.15, 0.2) is 0 Å². The quantitative estimate of drug-likeness (QED) is 0.678. The van der Waals surface area contributed by atoms with Crippen LogP contribution in [-0.2, 0) is 10.0 Å². The minimum absolute atomic E-state index is 0.298. The van der Waals surface area contributed by atoms with Crippen LogP contribution in [0.5, 0.6) is 5.75 Å². The van der Waals surface area contributed by atoms with E-state index in [4.69, 9.17) is 4.74 Å². The molecule has 5 nitrogen and oxygen atoms in total. The third-order valence-electron chi connectivity index (χ3n) is 3.77. The fourth-order valence-electron chi connectivity index (χ4n) is 2.07. The van der Waals surface area contributed by atoms with Crippen LogP contribution >= 0.6 is 0 Å². The molecule has 0 aliphatic heterocycles. The van der Waals surface area contributed by atoms with Gasteiger partial charge in [-0.15, -0.1) is 0 Å². The van der Waals surface area contributed by atoms with Gasteiger partial charge in [-0.05, 0) is 55.9 Å². The summed E-state index contributed by atoms with van der Waals surface area (Å²) in [5.74, 6) is 1.23. The highest BCUT2D eigenvalue weighted by atomic mass is 32.2. The summed E-state index contributed by atoms with van der Waals surface area (Å²) in [6.45, 7) is 1.98. The zero-order valence-electron chi connectivity index (χ0n) is 12.0. The normalized spacial score (nSPS) is 18.7. The molecule has 0 bridgehead atoms. The summed E-state index contributed by atoms with van der Waals surface area (Å²) in [6.07, 6.45) is 4.79. The molecule has 2 fully saturated rings. The highest BCUT2D eigenvalue weighted by Crippen LogP contribution is 2.28. The Morgan fingerprint density at radius 1 is 1.10 bits per heavy atom. The monoisotopic (exact) mass is 310 g/mol. The van der Waals surface area contributed by atoms with Gasteiger partial charge in [-0.1, -0.05) is 0 Å². The molecule has 3 rings (SSSR count). The molecule has 0 heterocycles. The van der Waals surface area contributed by atoms with Gasteiger partial charge in [0.05, 0.1) is 4.90 Å². The van der Waals surface area contributed by atoms with Crippen molar-refractivity contribution in [1.29, 1.82) is 0 Å². The highest BCUT2D eigenvalue weighted by molar-refractivity contribution is 7.89. The number of ether oxygens (including phenoxy) is 1. The molecule has 2 N–H and O–H groups in total. The highest BCUT2D eigenvalue weighted by Gasteiger charge is 2.24. The summed E-state index contributed by atoms with van der Waals surface area (Å²) in [6, 6.07) is 7.29. The molecular formula is C15H22N2O3S. The van der Waals surface area contributed by atoms with Gasteiger partial charge in [0.1, 0.15) is 12.4 Å². The standard InChI is InChI=1S/C15H22N2O3S/c18-21(19,17-11-12-1-2-12)15-7-5-14(6-8-15)20-10-9-16-13-3-4-13/h5-8,12-13,16-17H,1-4,9-11H2. The Hall–Kier alpha value is -1.11. The van der Waals surface area contributed by atoms with Gasteiger partial charge in [-0.25, -0.2) is 13.1 Å². The van der Waals surface area contributed by atoms with Crippen LogP contribution in [0, 0.1) is 5.92 Å². The summed E-state index contributed by atoms with van der Waals surface area (Å²) >= 11 is 0.